The Morgan fingerprint density at radius 1 is 1.50 bits per heavy atom. The molecule has 1 aromatic rings. The minimum absolute atomic E-state index is 0.357. The van der Waals surface area contributed by atoms with Crippen LogP contribution >= 0.6 is 0 Å². The Balaban J connectivity index is 1.91. The van der Waals surface area contributed by atoms with Crippen molar-refractivity contribution in [1.82, 2.24) is 9.97 Å². The number of hydrogen-bond donors (Lipinski definition) is 1. The monoisotopic (exact) mass is 250 g/mol. The minimum atomic E-state index is 0.357. The average molecular weight is 250 g/mol. The molecule has 1 atom stereocenters. The third kappa shape index (κ3) is 3.32. The maximum atomic E-state index is 5.69. The Hall–Kier alpha value is -1.36. The molecule has 2 heterocycles. The number of anilines is 2. The number of rotatable bonds is 5. The molecule has 100 valence electrons. The second-order valence-corrected chi connectivity index (χ2v) is 4.90. The largest absolute Gasteiger partial charge is 0.381 e. The number of ether oxygens (including phenoxy) is 1. The molecule has 5 heteroatoms. The molecule has 1 fully saturated rings. The van der Waals surface area contributed by atoms with Gasteiger partial charge in [0, 0.05) is 37.4 Å². The lowest BCUT2D eigenvalue weighted by atomic mass is 10.1. The first-order valence-corrected chi connectivity index (χ1v) is 6.63. The van der Waals surface area contributed by atoms with E-state index in [1.807, 2.05) is 13.0 Å². The van der Waals surface area contributed by atoms with Crippen LogP contribution in [-0.2, 0) is 4.74 Å². The van der Waals surface area contributed by atoms with E-state index < -0.39 is 0 Å². The summed E-state index contributed by atoms with van der Waals surface area (Å²) in [5, 5.41) is 0. The lowest BCUT2D eigenvalue weighted by molar-refractivity contribution is 0.106. The minimum Gasteiger partial charge on any atom is -0.381 e. The zero-order valence-electron chi connectivity index (χ0n) is 11.2. The molecule has 1 aliphatic heterocycles. The third-order valence-corrected chi connectivity index (χ3v) is 3.17. The predicted molar refractivity (Wildman–Crippen MR) is 72.6 cm³/mol. The van der Waals surface area contributed by atoms with Gasteiger partial charge in [-0.3, -0.25) is 0 Å². The predicted octanol–water partition coefficient (Wildman–Crippen LogP) is 1.62. The second-order valence-electron chi connectivity index (χ2n) is 4.90. The highest BCUT2D eigenvalue weighted by Crippen LogP contribution is 2.23. The number of aromatic nitrogens is 2. The van der Waals surface area contributed by atoms with Gasteiger partial charge in [-0.05, 0) is 19.8 Å². The Morgan fingerprint density at radius 2 is 2.33 bits per heavy atom. The van der Waals surface area contributed by atoms with Gasteiger partial charge in [-0.1, -0.05) is 6.92 Å². The number of hydrogen-bond acceptors (Lipinski definition) is 5. The van der Waals surface area contributed by atoms with Crippen molar-refractivity contribution >= 4 is 11.8 Å². The highest BCUT2D eigenvalue weighted by atomic mass is 16.5. The summed E-state index contributed by atoms with van der Waals surface area (Å²) in [6.45, 7) is 7.81. The van der Waals surface area contributed by atoms with Crippen molar-refractivity contribution in [3.8, 4) is 0 Å². The van der Waals surface area contributed by atoms with Gasteiger partial charge in [0.05, 0.1) is 6.61 Å². The van der Waals surface area contributed by atoms with E-state index in [0.29, 0.717) is 11.9 Å². The van der Waals surface area contributed by atoms with Crippen LogP contribution in [0, 0.1) is 12.8 Å². The molecule has 0 aromatic carbocycles. The standard InChI is InChI=1S/C13H22N4O/c1-3-6-18-9-11-4-5-17(8-11)12-7-10(2)15-13(14)16-12/h7,11H,3-6,8-9H2,1-2H3,(H2,14,15,16)/t11-/m1/s1. The van der Waals surface area contributed by atoms with Gasteiger partial charge in [-0.2, -0.15) is 4.98 Å². The molecule has 2 N–H and O–H groups in total. The zero-order valence-corrected chi connectivity index (χ0v) is 11.2. The molecule has 0 radical (unpaired) electrons. The molecule has 2 rings (SSSR count). The smallest absolute Gasteiger partial charge is 0.222 e. The molecule has 0 saturated carbocycles. The normalized spacial score (nSPS) is 19.4. The summed E-state index contributed by atoms with van der Waals surface area (Å²) in [6, 6.07) is 1.99. The van der Waals surface area contributed by atoms with Crippen LogP contribution in [0.4, 0.5) is 11.8 Å². The van der Waals surface area contributed by atoms with Gasteiger partial charge in [0.1, 0.15) is 5.82 Å². The van der Waals surface area contributed by atoms with Crippen molar-refractivity contribution in [2.24, 2.45) is 5.92 Å². The fourth-order valence-corrected chi connectivity index (χ4v) is 2.31. The highest BCUT2D eigenvalue weighted by molar-refractivity contribution is 5.44. The molecule has 0 amide bonds. The first-order chi connectivity index (χ1) is 8.69. The summed E-state index contributed by atoms with van der Waals surface area (Å²) in [4.78, 5) is 10.7. The molecule has 1 saturated heterocycles. The first kappa shape index (κ1) is 13.1. The summed E-state index contributed by atoms with van der Waals surface area (Å²) in [5.74, 6) is 1.90. The Morgan fingerprint density at radius 3 is 3.06 bits per heavy atom. The van der Waals surface area contributed by atoms with Crippen LogP contribution < -0.4 is 10.6 Å². The van der Waals surface area contributed by atoms with E-state index >= 15 is 0 Å². The molecule has 5 nitrogen and oxygen atoms in total. The van der Waals surface area contributed by atoms with Crippen molar-refractivity contribution < 1.29 is 4.74 Å². The summed E-state index contributed by atoms with van der Waals surface area (Å²) in [5.41, 5.74) is 6.61. The molecule has 0 spiro atoms. The quantitative estimate of drug-likeness (QED) is 0.804. The van der Waals surface area contributed by atoms with E-state index in [0.717, 1.165) is 50.7 Å². The van der Waals surface area contributed by atoms with Gasteiger partial charge in [0.2, 0.25) is 5.95 Å². The van der Waals surface area contributed by atoms with Crippen LogP contribution in [0.15, 0.2) is 6.07 Å². The Kier molecular flexibility index (Phi) is 4.36. The van der Waals surface area contributed by atoms with E-state index in [-0.39, 0.29) is 0 Å². The molecule has 0 unspecified atom stereocenters. The van der Waals surface area contributed by atoms with Gasteiger partial charge in [0.15, 0.2) is 0 Å². The SMILES string of the molecule is CCCOC[C@@H]1CCN(c2cc(C)nc(N)n2)C1. The van der Waals surface area contributed by atoms with Crippen molar-refractivity contribution in [3.05, 3.63) is 11.8 Å². The van der Waals surface area contributed by atoms with E-state index in [9.17, 15) is 0 Å². The first-order valence-electron chi connectivity index (χ1n) is 6.63. The second kappa shape index (κ2) is 6.00. The number of nitrogens with zero attached hydrogens (tertiary/aromatic N) is 3. The maximum absolute atomic E-state index is 5.69. The Labute approximate surface area is 108 Å². The molecule has 0 bridgehead atoms. The molecule has 1 aromatic heterocycles. The molecule has 1 aliphatic rings. The fourth-order valence-electron chi connectivity index (χ4n) is 2.31. The van der Waals surface area contributed by atoms with E-state index in [1.54, 1.807) is 0 Å². The number of nitrogens with two attached hydrogens (primary N) is 1. The highest BCUT2D eigenvalue weighted by Gasteiger charge is 2.23. The summed E-state index contributed by atoms with van der Waals surface area (Å²) in [6.07, 6.45) is 2.24. The van der Waals surface area contributed by atoms with Crippen molar-refractivity contribution in [3.63, 3.8) is 0 Å². The number of nitrogen functional groups attached to an aromatic ring is 1. The average Bonchev–Trinajstić information content (AvgIpc) is 2.77. The van der Waals surface area contributed by atoms with Crippen LogP contribution in [0.25, 0.3) is 0 Å². The van der Waals surface area contributed by atoms with Gasteiger partial charge in [0.25, 0.3) is 0 Å². The zero-order chi connectivity index (χ0) is 13.0. The van der Waals surface area contributed by atoms with Crippen molar-refractivity contribution in [2.75, 3.05) is 36.9 Å². The van der Waals surface area contributed by atoms with Gasteiger partial charge >= 0.3 is 0 Å². The van der Waals surface area contributed by atoms with Crippen LogP contribution in [-0.4, -0.2) is 36.3 Å². The fraction of sp³-hybridized carbons (Fsp3) is 0.692. The summed E-state index contributed by atoms with van der Waals surface area (Å²) >= 11 is 0. The third-order valence-electron chi connectivity index (χ3n) is 3.17. The lowest BCUT2D eigenvalue weighted by Gasteiger charge is -2.18. The van der Waals surface area contributed by atoms with E-state index in [2.05, 4.69) is 21.8 Å². The molecule has 18 heavy (non-hydrogen) atoms. The topological polar surface area (TPSA) is 64.3 Å². The van der Waals surface area contributed by atoms with Gasteiger partial charge < -0.3 is 15.4 Å². The van der Waals surface area contributed by atoms with Crippen LogP contribution in [0.2, 0.25) is 0 Å². The van der Waals surface area contributed by atoms with Crippen LogP contribution in [0.1, 0.15) is 25.5 Å². The molecule has 0 aliphatic carbocycles. The summed E-state index contributed by atoms with van der Waals surface area (Å²) < 4.78 is 5.61. The number of aryl methyl sites for hydroxylation is 1. The Bertz CT molecular complexity index is 376. The van der Waals surface area contributed by atoms with Gasteiger partial charge in [-0.15, -0.1) is 0 Å². The summed E-state index contributed by atoms with van der Waals surface area (Å²) in [7, 11) is 0. The molecular formula is C13H22N4O. The van der Waals surface area contributed by atoms with Gasteiger partial charge in [-0.25, -0.2) is 4.98 Å². The lowest BCUT2D eigenvalue weighted by Crippen LogP contribution is -2.23. The van der Waals surface area contributed by atoms with Crippen LogP contribution in [0.5, 0.6) is 0 Å². The van der Waals surface area contributed by atoms with Crippen molar-refractivity contribution in [1.29, 1.82) is 0 Å². The van der Waals surface area contributed by atoms with E-state index in [1.165, 1.54) is 0 Å². The van der Waals surface area contributed by atoms with E-state index in [4.69, 9.17) is 10.5 Å². The van der Waals surface area contributed by atoms with Crippen LogP contribution in [0.3, 0.4) is 0 Å². The van der Waals surface area contributed by atoms with Crippen molar-refractivity contribution in [2.45, 2.75) is 26.7 Å². The molecular weight excluding hydrogens is 228 g/mol. The maximum Gasteiger partial charge on any atom is 0.222 e.